The van der Waals surface area contributed by atoms with Crippen LogP contribution in [0.15, 0.2) is 58.0 Å². The molecule has 0 saturated heterocycles. The van der Waals surface area contributed by atoms with Gasteiger partial charge >= 0.3 is 0 Å². The molecule has 3 aromatic rings. The molecule has 1 heterocycles. The molecule has 1 amide bonds. The Morgan fingerprint density at radius 3 is 2.78 bits per heavy atom. The molecule has 0 radical (unpaired) electrons. The van der Waals surface area contributed by atoms with Crippen molar-refractivity contribution in [1.29, 1.82) is 0 Å². The minimum absolute atomic E-state index is 0.143. The maximum Gasteiger partial charge on any atom is 0.271 e. The van der Waals surface area contributed by atoms with Gasteiger partial charge in [0.05, 0.1) is 11.5 Å². The summed E-state index contributed by atoms with van der Waals surface area (Å²) >= 11 is 0. The van der Waals surface area contributed by atoms with Gasteiger partial charge in [-0.15, -0.1) is 0 Å². The Labute approximate surface area is 154 Å². The number of carbonyl (C=O) groups excluding carboxylic acids is 1. The summed E-state index contributed by atoms with van der Waals surface area (Å²) in [6.07, 6.45) is 0. The van der Waals surface area contributed by atoms with E-state index in [0.717, 1.165) is 5.39 Å². The zero-order chi connectivity index (χ0) is 19.4. The van der Waals surface area contributed by atoms with Crippen molar-refractivity contribution in [2.75, 3.05) is 6.61 Å². The number of nitro benzene ring substituents is 1. The highest BCUT2D eigenvalue weighted by Gasteiger charge is 2.13. The Morgan fingerprint density at radius 2 is 2.04 bits per heavy atom. The number of carbonyl (C=O) groups is 1. The summed E-state index contributed by atoms with van der Waals surface area (Å²) in [7, 11) is 0. The van der Waals surface area contributed by atoms with E-state index < -0.39 is 10.8 Å². The Kier molecular flexibility index (Phi) is 5.16. The standard InChI is InChI=1S/C19H17N3O5/c1-3-26-16-9-5-6-13-11-17(27-18(13)16)12(2)20-21-19(23)14-7-4-8-15(10-14)22(24)25/h4-11H,3H2,1-2H3,(H,21,23)/b20-12-. The number of para-hydroxylation sites is 1. The Hall–Kier alpha value is -3.68. The van der Waals surface area contributed by atoms with Crippen LogP contribution >= 0.6 is 0 Å². The molecule has 1 N–H and O–H groups in total. The largest absolute Gasteiger partial charge is 0.490 e. The van der Waals surface area contributed by atoms with Gasteiger partial charge in [0.2, 0.25) is 0 Å². The molecule has 138 valence electrons. The van der Waals surface area contributed by atoms with Gasteiger partial charge < -0.3 is 9.15 Å². The summed E-state index contributed by atoms with van der Waals surface area (Å²) in [6.45, 7) is 4.09. The summed E-state index contributed by atoms with van der Waals surface area (Å²) in [5, 5.41) is 15.7. The van der Waals surface area contributed by atoms with Gasteiger partial charge in [0.1, 0.15) is 5.71 Å². The van der Waals surface area contributed by atoms with Crippen molar-refractivity contribution in [3.05, 3.63) is 70.0 Å². The van der Waals surface area contributed by atoms with Crippen molar-refractivity contribution in [1.82, 2.24) is 5.43 Å². The molecule has 0 spiro atoms. The normalized spacial score (nSPS) is 11.4. The van der Waals surface area contributed by atoms with Gasteiger partial charge in [0.15, 0.2) is 17.1 Å². The SMILES string of the molecule is CCOc1cccc2cc(/C(C)=N\NC(=O)c3cccc([N+](=O)[O-])c3)oc12. The van der Waals surface area contributed by atoms with Gasteiger partial charge in [-0.05, 0) is 32.0 Å². The van der Waals surface area contributed by atoms with Gasteiger partial charge in [-0.3, -0.25) is 14.9 Å². The number of nitrogens with zero attached hydrogens (tertiary/aromatic N) is 2. The lowest BCUT2D eigenvalue weighted by atomic mass is 10.2. The second kappa shape index (κ2) is 7.69. The van der Waals surface area contributed by atoms with E-state index in [1.807, 2.05) is 25.1 Å². The lowest BCUT2D eigenvalue weighted by molar-refractivity contribution is -0.384. The zero-order valence-corrected chi connectivity index (χ0v) is 14.8. The molecule has 0 bridgehead atoms. The van der Waals surface area contributed by atoms with Crippen molar-refractivity contribution < 1.29 is 18.9 Å². The maximum absolute atomic E-state index is 12.2. The fourth-order valence-electron chi connectivity index (χ4n) is 2.50. The highest BCUT2D eigenvalue weighted by atomic mass is 16.6. The number of amides is 1. The van der Waals surface area contributed by atoms with Crippen molar-refractivity contribution in [2.45, 2.75) is 13.8 Å². The molecular weight excluding hydrogens is 350 g/mol. The number of ether oxygens (including phenoxy) is 1. The number of hydrogen-bond donors (Lipinski definition) is 1. The Bertz CT molecular complexity index is 1040. The van der Waals surface area contributed by atoms with E-state index in [1.165, 1.54) is 24.3 Å². The van der Waals surface area contributed by atoms with Crippen LogP contribution in [0.4, 0.5) is 5.69 Å². The molecule has 0 aliphatic heterocycles. The fraction of sp³-hybridized carbons (Fsp3) is 0.158. The average molecular weight is 367 g/mol. The Morgan fingerprint density at radius 1 is 1.26 bits per heavy atom. The number of rotatable bonds is 6. The van der Waals surface area contributed by atoms with Crippen LogP contribution in [-0.4, -0.2) is 23.1 Å². The van der Waals surface area contributed by atoms with E-state index in [9.17, 15) is 14.9 Å². The highest BCUT2D eigenvalue weighted by Crippen LogP contribution is 2.29. The molecule has 0 aliphatic carbocycles. The Balaban J connectivity index is 1.80. The number of benzene rings is 2. The number of hydrogen-bond acceptors (Lipinski definition) is 6. The molecule has 8 nitrogen and oxygen atoms in total. The number of nitro groups is 1. The average Bonchev–Trinajstić information content (AvgIpc) is 3.11. The predicted octanol–water partition coefficient (Wildman–Crippen LogP) is 3.89. The molecule has 27 heavy (non-hydrogen) atoms. The molecule has 0 saturated carbocycles. The van der Waals surface area contributed by atoms with Gasteiger partial charge in [0, 0.05) is 23.1 Å². The monoisotopic (exact) mass is 367 g/mol. The molecule has 0 unspecified atom stereocenters. The molecule has 0 fully saturated rings. The molecule has 8 heteroatoms. The minimum Gasteiger partial charge on any atom is -0.490 e. The fourth-order valence-corrected chi connectivity index (χ4v) is 2.50. The molecule has 3 rings (SSSR count). The summed E-state index contributed by atoms with van der Waals surface area (Å²) < 4.78 is 11.3. The van der Waals surface area contributed by atoms with Gasteiger partial charge in [-0.25, -0.2) is 5.43 Å². The van der Waals surface area contributed by atoms with E-state index in [0.29, 0.717) is 29.4 Å². The molecule has 0 atom stereocenters. The van der Waals surface area contributed by atoms with Crippen LogP contribution in [0.1, 0.15) is 30.0 Å². The van der Waals surface area contributed by atoms with E-state index >= 15 is 0 Å². The lowest BCUT2D eigenvalue weighted by Crippen LogP contribution is -2.19. The van der Waals surface area contributed by atoms with Crippen LogP contribution in [0.25, 0.3) is 11.0 Å². The summed E-state index contributed by atoms with van der Waals surface area (Å²) in [4.78, 5) is 22.4. The number of fused-ring (bicyclic) bond motifs is 1. The van der Waals surface area contributed by atoms with Crippen molar-refractivity contribution in [3.8, 4) is 5.75 Å². The second-order valence-corrected chi connectivity index (χ2v) is 5.66. The predicted molar refractivity (Wildman–Crippen MR) is 100 cm³/mol. The van der Waals surface area contributed by atoms with Gasteiger partial charge in [-0.1, -0.05) is 18.2 Å². The summed E-state index contributed by atoms with van der Waals surface area (Å²) in [5.41, 5.74) is 3.42. The second-order valence-electron chi connectivity index (χ2n) is 5.66. The van der Waals surface area contributed by atoms with E-state index in [-0.39, 0.29) is 11.3 Å². The van der Waals surface area contributed by atoms with E-state index in [4.69, 9.17) is 9.15 Å². The van der Waals surface area contributed by atoms with Crippen LogP contribution in [0.5, 0.6) is 5.75 Å². The third kappa shape index (κ3) is 3.95. The first-order chi connectivity index (χ1) is 13.0. The lowest BCUT2D eigenvalue weighted by Gasteiger charge is -2.02. The van der Waals surface area contributed by atoms with Crippen LogP contribution in [-0.2, 0) is 0 Å². The van der Waals surface area contributed by atoms with Crippen molar-refractivity contribution in [2.24, 2.45) is 5.10 Å². The maximum atomic E-state index is 12.2. The number of nitrogens with one attached hydrogen (secondary N) is 1. The van der Waals surface area contributed by atoms with Crippen LogP contribution in [0.2, 0.25) is 0 Å². The first kappa shape index (κ1) is 18.1. The zero-order valence-electron chi connectivity index (χ0n) is 14.8. The summed E-state index contributed by atoms with van der Waals surface area (Å²) in [5.74, 6) is 0.565. The van der Waals surface area contributed by atoms with Gasteiger partial charge in [0.25, 0.3) is 11.6 Å². The highest BCUT2D eigenvalue weighted by molar-refractivity contribution is 6.02. The number of non-ortho nitro benzene ring substituents is 1. The van der Waals surface area contributed by atoms with E-state index in [1.54, 1.807) is 13.0 Å². The number of furan rings is 1. The molecule has 1 aromatic heterocycles. The van der Waals surface area contributed by atoms with Gasteiger partial charge in [-0.2, -0.15) is 5.10 Å². The third-order valence-corrected chi connectivity index (χ3v) is 3.81. The third-order valence-electron chi connectivity index (χ3n) is 3.81. The van der Waals surface area contributed by atoms with Crippen molar-refractivity contribution in [3.63, 3.8) is 0 Å². The molecular formula is C19H17N3O5. The smallest absolute Gasteiger partial charge is 0.271 e. The van der Waals surface area contributed by atoms with E-state index in [2.05, 4.69) is 10.5 Å². The first-order valence-corrected chi connectivity index (χ1v) is 8.24. The molecule has 2 aromatic carbocycles. The van der Waals surface area contributed by atoms with Crippen molar-refractivity contribution >= 4 is 28.3 Å². The molecule has 0 aliphatic rings. The quantitative estimate of drug-likeness (QED) is 0.404. The van der Waals surface area contributed by atoms with Crippen LogP contribution < -0.4 is 10.2 Å². The number of hydrazone groups is 1. The van der Waals surface area contributed by atoms with Crippen LogP contribution in [0.3, 0.4) is 0 Å². The van der Waals surface area contributed by atoms with Crippen LogP contribution in [0, 0.1) is 10.1 Å². The minimum atomic E-state index is -0.560. The first-order valence-electron chi connectivity index (χ1n) is 8.24. The summed E-state index contributed by atoms with van der Waals surface area (Å²) in [6, 6.07) is 12.8. The topological polar surface area (TPSA) is 107 Å².